The van der Waals surface area contributed by atoms with Crippen molar-refractivity contribution in [1.82, 2.24) is 10.2 Å². The summed E-state index contributed by atoms with van der Waals surface area (Å²) in [5.74, 6) is 0.611. The molecule has 3 atom stereocenters. The number of nitrogens with zero attached hydrogens (tertiary/aromatic N) is 1. The molecule has 0 radical (unpaired) electrons. The first-order valence-corrected chi connectivity index (χ1v) is 8.58. The average Bonchev–Trinajstić information content (AvgIpc) is 2.92. The van der Waals surface area contributed by atoms with Gasteiger partial charge in [-0.1, -0.05) is 0 Å². The highest BCUT2D eigenvalue weighted by atomic mass is 32.2. The van der Waals surface area contributed by atoms with Crippen molar-refractivity contribution in [3.05, 3.63) is 0 Å². The minimum Gasteiger partial charge on any atom is -0.377 e. The van der Waals surface area contributed by atoms with Gasteiger partial charge in [-0.2, -0.15) is 0 Å². The Morgan fingerprint density at radius 1 is 1.21 bits per heavy atom. The summed E-state index contributed by atoms with van der Waals surface area (Å²) < 4.78 is 33.5. The summed E-state index contributed by atoms with van der Waals surface area (Å²) in [5, 5.41) is 3.33. The zero-order valence-electron chi connectivity index (χ0n) is 11.7. The molecule has 2 saturated heterocycles. The summed E-state index contributed by atoms with van der Waals surface area (Å²) in [7, 11) is 0.634. The number of sulfone groups is 1. The molecule has 2 heterocycles. The van der Waals surface area contributed by atoms with Crippen LogP contribution in [0.3, 0.4) is 0 Å². The molecule has 2 fully saturated rings. The predicted molar refractivity (Wildman–Crippen MR) is 73.1 cm³/mol. The molecule has 3 unspecified atom stereocenters. The molecular formula is C12H24N2O4S. The Morgan fingerprint density at radius 2 is 1.84 bits per heavy atom. The van der Waals surface area contributed by atoms with E-state index in [9.17, 15) is 8.42 Å². The molecule has 2 aliphatic rings. The molecule has 7 heteroatoms. The standard InChI is InChI=1S/C12H24N2O4S/c1-17-11-7-14(8-12(11)18-2)5-4-13-10-3-6-19(15,16)9-10/h10-13H,3-9H2,1-2H3. The maximum Gasteiger partial charge on any atom is 0.151 e. The van der Waals surface area contributed by atoms with Gasteiger partial charge in [0, 0.05) is 46.4 Å². The minimum absolute atomic E-state index is 0.129. The molecular weight excluding hydrogens is 268 g/mol. The van der Waals surface area contributed by atoms with Crippen molar-refractivity contribution in [2.45, 2.75) is 24.7 Å². The van der Waals surface area contributed by atoms with Crippen LogP contribution in [0.25, 0.3) is 0 Å². The van der Waals surface area contributed by atoms with E-state index in [4.69, 9.17) is 9.47 Å². The van der Waals surface area contributed by atoms with E-state index >= 15 is 0 Å². The van der Waals surface area contributed by atoms with Gasteiger partial charge in [-0.3, -0.25) is 4.90 Å². The van der Waals surface area contributed by atoms with E-state index in [1.165, 1.54) is 0 Å². The van der Waals surface area contributed by atoms with Gasteiger partial charge in [-0.15, -0.1) is 0 Å². The largest absolute Gasteiger partial charge is 0.377 e. The van der Waals surface area contributed by atoms with Crippen LogP contribution in [0, 0.1) is 0 Å². The second kappa shape index (κ2) is 6.49. The van der Waals surface area contributed by atoms with Gasteiger partial charge in [0.15, 0.2) is 9.84 Å². The van der Waals surface area contributed by atoms with E-state index in [0.717, 1.165) is 32.6 Å². The summed E-state index contributed by atoms with van der Waals surface area (Å²) in [4.78, 5) is 2.29. The predicted octanol–water partition coefficient (Wildman–Crippen LogP) is -0.891. The van der Waals surface area contributed by atoms with Crippen LogP contribution < -0.4 is 5.32 Å². The summed E-state index contributed by atoms with van der Waals surface area (Å²) in [6.07, 6.45) is 1.01. The summed E-state index contributed by atoms with van der Waals surface area (Å²) in [6, 6.07) is 0.129. The van der Waals surface area contributed by atoms with Crippen LogP contribution in [-0.4, -0.2) is 83.5 Å². The average molecular weight is 292 g/mol. The van der Waals surface area contributed by atoms with Gasteiger partial charge < -0.3 is 14.8 Å². The van der Waals surface area contributed by atoms with Gasteiger partial charge in [-0.05, 0) is 6.42 Å². The zero-order chi connectivity index (χ0) is 13.9. The number of nitrogens with one attached hydrogen (secondary N) is 1. The summed E-state index contributed by atoms with van der Waals surface area (Å²) >= 11 is 0. The number of ether oxygens (including phenoxy) is 2. The van der Waals surface area contributed by atoms with E-state index < -0.39 is 9.84 Å². The highest BCUT2D eigenvalue weighted by Crippen LogP contribution is 2.15. The molecule has 0 amide bonds. The Hall–Kier alpha value is -0.210. The zero-order valence-corrected chi connectivity index (χ0v) is 12.5. The third-order valence-electron chi connectivity index (χ3n) is 3.99. The molecule has 0 aromatic rings. The van der Waals surface area contributed by atoms with E-state index in [-0.39, 0.29) is 24.0 Å². The summed E-state index contributed by atoms with van der Waals surface area (Å²) in [5.41, 5.74) is 0. The molecule has 0 aromatic carbocycles. The normalized spacial score (nSPS) is 34.9. The van der Waals surface area contributed by atoms with Gasteiger partial charge in [0.1, 0.15) is 0 Å². The molecule has 2 aliphatic heterocycles. The van der Waals surface area contributed by atoms with Crippen LogP contribution in [0.4, 0.5) is 0 Å². The second-order valence-electron chi connectivity index (χ2n) is 5.36. The third kappa shape index (κ3) is 4.13. The molecule has 2 rings (SSSR count). The number of hydrogen-bond acceptors (Lipinski definition) is 6. The highest BCUT2D eigenvalue weighted by Gasteiger charge is 2.33. The third-order valence-corrected chi connectivity index (χ3v) is 5.76. The molecule has 19 heavy (non-hydrogen) atoms. The SMILES string of the molecule is COC1CN(CCNC2CCS(=O)(=O)C2)CC1OC. The Morgan fingerprint density at radius 3 is 2.32 bits per heavy atom. The van der Waals surface area contributed by atoms with Crippen LogP contribution in [0.15, 0.2) is 0 Å². The Balaban J connectivity index is 1.67. The van der Waals surface area contributed by atoms with Crippen LogP contribution in [0.5, 0.6) is 0 Å². The summed E-state index contributed by atoms with van der Waals surface area (Å²) in [6.45, 7) is 3.46. The lowest BCUT2D eigenvalue weighted by atomic mass is 10.2. The lowest BCUT2D eigenvalue weighted by molar-refractivity contribution is -0.00461. The topological polar surface area (TPSA) is 67.9 Å². The van der Waals surface area contributed by atoms with Crippen molar-refractivity contribution in [2.24, 2.45) is 0 Å². The number of methoxy groups -OCH3 is 2. The fraction of sp³-hybridized carbons (Fsp3) is 1.00. The van der Waals surface area contributed by atoms with Crippen molar-refractivity contribution < 1.29 is 17.9 Å². The monoisotopic (exact) mass is 292 g/mol. The van der Waals surface area contributed by atoms with Gasteiger partial charge in [0.25, 0.3) is 0 Å². The first kappa shape index (κ1) is 15.2. The molecule has 0 spiro atoms. The van der Waals surface area contributed by atoms with Crippen LogP contribution in [-0.2, 0) is 19.3 Å². The number of hydrogen-bond donors (Lipinski definition) is 1. The van der Waals surface area contributed by atoms with Crippen molar-refractivity contribution in [3.8, 4) is 0 Å². The van der Waals surface area contributed by atoms with E-state index in [0.29, 0.717) is 5.75 Å². The Kier molecular flexibility index (Phi) is 5.19. The highest BCUT2D eigenvalue weighted by molar-refractivity contribution is 7.91. The maximum absolute atomic E-state index is 11.3. The van der Waals surface area contributed by atoms with E-state index in [2.05, 4.69) is 10.2 Å². The molecule has 112 valence electrons. The molecule has 6 nitrogen and oxygen atoms in total. The minimum atomic E-state index is -2.79. The molecule has 0 saturated carbocycles. The fourth-order valence-corrected chi connectivity index (χ4v) is 4.54. The van der Waals surface area contributed by atoms with E-state index in [1.54, 1.807) is 14.2 Å². The van der Waals surface area contributed by atoms with Gasteiger partial charge in [-0.25, -0.2) is 8.42 Å². The first-order valence-electron chi connectivity index (χ1n) is 6.76. The van der Waals surface area contributed by atoms with Crippen molar-refractivity contribution >= 4 is 9.84 Å². The van der Waals surface area contributed by atoms with Crippen molar-refractivity contribution in [2.75, 3.05) is 51.9 Å². The second-order valence-corrected chi connectivity index (χ2v) is 7.59. The van der Waals surface area contributed by atoms with Crippen molar-refractivity contribution in [1.29, 1.82) is 0 Å². The molecule has 0 aliphatic carbocycles. The van der Waals surface area contributed by atoms with Crippen LogP contribution >= 0.6 is 0 Å². The lowest BCUT2D eigenvalue weighted by Crippen LogP contribution is -2.37. The van der Waals surface area contributed by atoms with E-state index in [1.807, 2.05) is 0 Å². The Bertz CT molecular complexity index is 375. The molecule has 1 N–H and O–H groups in total. The van der Waals surface area contributed by atoms with Gasteiger partial charge in [0.2, 0.25) is 0 Å². The Labute approximate surface area is 115 Å². The quantitative estimate of drug-likeness (QED) is 0.685. The first-order chi connectivity index (χ1) is 9.04. The van der Waals surface area contributed by atoms with Gasteiger partial charge >= 0.3 is 0 Å². The molecule has 0 aromatic heterocycles. The lowest BCUT2D eigenvalue weighted by Gasteiger charge is -2.17. The maximum atomic E-state index is 11.3. The number of likely N-dealkylation sites (tertiary alicyclic amines) is 1. The number of rotatable bonds is 6. The van der Waals surface area contributed by atoms with Crippen molar-refractivity contribution in [3.63, 3.8) is 0 Å². The fourth-order valence-electron chi connectivity index (χ4n) is 2.84. The smallest absolute Gasteiger partial charge is 0.151 e. The van der Waals surface area contributed by atoms with Gasteiger partial charge in [0.05, 0.1) is 23.7 Å². The van der Waals surface area contributed by atoms with Crippen LogP contribution in [0.1, 0.15) is 6.42 Å². The molecule has 0 bridgehead atoms. The van der Waals surface area contributed by atoms with Crippen LogP contribution in [0.2, 0.25) is 0 Å².